The van der Waals surface area contributed by atoms with E-state index in [9.17, 15) is 14.4 Å². The lowest BCUT2D eigenvalue weighted by Crippen LogP contribution is -2.30. The molecule has 0 spiro atoms. The van der Waals surface area contributed by atoms with Crippen molar-refractivity contribution in [3.8, 4) is 0 Å². The van der Waals surface area contributed by atoms with Gasteiger partial charge in [0.05, 0.1) is 0 Å². The first-order chi connectivity index (χ1) is 28.0. The van der Waals surface area contributed by atoms with Crippen LogP contribution in [0.2, 0.25) is 0 Å². The molecule has 0 amide bonds. The molecule has 0 N–H and O–H groups in total. The number of hydrogen-bond donors (Lipinski definition) is 0. The zero-order valence-electron chi connectivity index (χ0n) is 37.6. The van der Waals surface area contributed by atoms with E-state index in [4.69, 9.17) is 14.2 Å². The molecule has 0 aromatic rings. The monoisotopic (exact) mass is 799 g/mol. The number of unbranched alkanes of at least 4 members (excludes halogenated alkanes) is 24. The molecule has 0 aromatic carbocycles. The van der Waals surface area contributed by atoms with Crippen molar-refractivity contribution in [3.63, 3.8) is 0 Å². The highest BCUT2D eigenvalue weighted by atomic mass is 16.6. The Balaban J connectivity index is 4.20. The Hall–Kier alpha value is -2.63. The molecule has 1 unspecified atom stereocenters. The second-order valence-electron chi connectivity index (χ2n) is 16.0. The number of carbonyl (C=O) groups is 3. The van der Waals surface area contributed by atoms with Crippen LogP contribution >= 0.6 is 0 Å². The van der Waals surface area contributed by atoms with Gasteiger partial charge in [-0.15, -0.1) is 0 Å². The summed E-state index contributed by atoms with van der Waals surface area (Å²) in [4.78, 5) is 37.5. The van der Waals surface area contributed by atoms with Gasteiger partial charge in [-0.05, 0) is 57.8 Å². The van der Waals surface area contributed by atoms with Gasteiger partial charge < -0.3 is 14.2 Å². The van der Waals surface area contributed by atoms with Gasteiger partial charge in [-0.1, -0.05) is 211 Å². The molecule has 6 heteroatoms. The van der Waals surface area contributed by atoms with E-state index < -0.39 is 6.10 Å². The van der Waals surface area contributed by atoms with Gasteiger partial charge in [0, 0.05) is 19.3 Å². The molecule has 6 nitrogen and oxygen atoms in total. The van der Waals surface area contributed by atoms with Crippen molar-refractivity contribution in [2.45, 2.75) is 245 Å². The molecule has 0 radical (unpaired) electrons. The maximum Gasteiger partial charge on any atom is 0.306 e. The molecule has 0 rings (SSSR count). The fraction of sp³-hybridized carbons (Fsp3) is 0.784. The van der Waals surface area contributed by atoms with Crippen molar-refractivity contribution >= 4 is 17.9 Å². The molecule has 0 aliphatic heterocycles. The van der Waals surface area contributed by atoms with Crippen LogP contribution in [0.3, 0.4) is 0 Å². The third-order valence-electron chi connectivity index (χ3n) is 10.3. The molecule has 0 aliphatic carbocycles. The van der Waals surface area contributed by atoms with Crippen LogP contribution in [0.1, 0.15) is 239 Å². The summed E-state index contributed by atoms with van der Waals surface area (Å²) in [6.45, 7) is 6.41. The predicted molar refractivity (Wildman–Crippen MR) is 242 cm³/mol. The standard InChI is InChI=1S/C51H90O6/c1-4-7-10-13-15-17-19-21-23-24-25-26-28-29-31-33-35-38-41-44-50(53)56-47-48(46-55-49(52)43-40-37-12-9-6-3)57-51(54)45-42-39-36-34-32-30-27-22-20-18-16-14-11-8-5-2/h8,11,16,18,22,27,32,34,48H,4-7,9-10,12-15,17,19-21,23-26,28-31,33,35-47H2,1-3H3/b11-8-,18-16-,27-22-,34-32-. The molecule has 0 aliphatic rings. The zero-order chi connectivity index (χ0) is 41.5. The summed E-state index contributed by atoms with van der Waals surface area (Å²) in [5.74, 6) is -0.940. The Bertz CT molecular complexity index is 1010. The molecule has 330 valence electrons. The Morgan fingerprint density at radius 3 is 1.07 bits per heavy atom. The summed E-state index contributed by atoms with van der Waals surface area (Å²) in [5, 5.41) is 0. The third-order valence-corrected chi connectivity index (χ3v) is 10.3. The summed E-state index contributed by atoms with van der Waals surface area (Å²) >= 11 is 0. The van der Waals surface area contributed by atoms with E-state index in [2.05, 4.69) is 69.4 Å². The number of hydrogen-bond acceptors (Lipinski definition) is 6. The van der Waals surface area contributed by atoms with E-state index in [0.29, 0.717) is 19.3 Å². The number of allylic oxidation sites excluding steroid dienone is 8. The first-order valence-corrected chi connectivity index (χ1v) is 24.1. The Morgan fingerprint density at radius 2 is 0.684 bits per heavy atom. The summed E-state index contributed by atoms with van der Waals surface area (Å²) in [6, 6.07) is 0. The largest absolute Gasteiger partial charge is 0.462 e. The fourth-order valence-electron chi connectivity index (χ4n) is 6.73. The van der Waals surface area contributed by atoms with Crippen LogP contribution in [0.5, 0.6) is 0 Å². The van der Waals surface area contributed by atoms with Gasteiger partial charge in [-0.2, -0.15) is 0 Å². The van der Waals surface area contributed by atoms with E-state index in [-0.39, 0.29) is 37.5 Å². The molecular formula is C51H90O6. The van der Waals surface area contributed by atoms with Crippen molar-refractivity contribution in [2.24, 2.45) is 0 Å². The van der Waals surface area contributed by atoms with Crippen LogP contribution in [0.25, 0.3) is 0 Å². The highest BCUT2D eigenvalue weighted by molar-refractivity contribution is 5.71. The molecule has 0 fully saturated rings. The molecule has 0 bridgehead atoms. The quantitative estimate of drug-likeness (QED) is 0.0265. The molecular weight excluding hydrogens is 709 g/mol. The Kier molecular flexibility index (Phi) is 43.9. The second kappa shape index (κ2) is 46.1. The lowest BCUT2D eigenvalue weighted by Gasteiger charge is -2.18. The smallest absolute Gasteiger partial charge is 0.306 e. The van der Waals surface area contributed by atoms with Gasteiger partial charge in [0.25, 0.3) is 0 Å². The normalized spacial score (nSPS) is 12.4. The second-order valence-corrected chi connectivity index (χ2v) is 16.0. The number of esters is 3. The minimum atomic E-state index is -0.787. The van der Waals surface area contributed by atoms with Crippen molar-refractivity contribution in [2.75, 3.05) is 13.2 Å². The lowest BCUT2D eigenvalue weighted by molar-refractivity contribution is -0.167. The van der Waals surface area contributed by atoms with Gasteiger partial charge in [0.1, 0.15) is 13.2 Å². The van der Waals surface area contributed by atoms with Crippen LogP contribution < -0.4 is 0 Å². The minimum absolute atomic E-state index is 0.0879. The molecule has 0 saturated carbocycles. The third kappa shape index (κ3) is 44.3. The maximum atomic E-state index is 12.7. The highest BCUT2D eigenvalue weighted by Crippen LogP contribution is 2.15. The summed E-state index contributed by atoms with van der Waals surface area (Å²) in [6.07, 6.45) is 54.2. The maximum absolute atomic E-state index is 12.7. The summed E-state index contributed by atoms with van der Waals surface area (Å²) < 4.78 is 16.6. The Morgan fingerprint density at radius 1 is 0.368 bits per heavy atom. The van der Waals surface area contributed by atoms with E-state index >= 15 is 0 Å². The average molecular weight is 799 g/mol. The van der Waals surface area contributed by atoms with Gasteiger partial charge in [0.15, 0.2) is 6.10 Å². The average Bonchev–Trinajstić information content (AvgIpc) is 3.21. The summed E-state index contributed by atoms with van der Waals surface area (Å²) in [5.41, 5.74) is 0. The van der Waals surface area contributed by atoms with E-state index in [1.54, 1.807) is 0 Å². The van der Waals surface area contributed by atoms with Crippen LogP contribution in [0.4, 0.5) is 0 Å². The highest BCUT2D eigenvalue weighted by Gasteiger charge is 2.19. The predicted octanol–water partition coefficient (Wildman–Crippen LogP) is 15.5. The lowest BCUT2D eigenvalue weighted by atomic mass is 10.0. The van der Waals surface area contributed by atoms with Gasteiger partial charge >= 0.3 is 17.9 Å². The fourth-order valence-corrected chi connectivity index (χ4v) is 6.73. The van der Waals surface area contributed by atoms with Crippen molar-refractivity contribution in [3.05, 3.63) is 48.6 Å². The van der Waals surface area contributed by atoms with Crippen molar-refractivity contribution in [1.29, 1.82) is 0 Å². The molecule has 0 saturated heterocycles. The minimum Gasteiger partial charge on any atom is -0.462 e. The molecule has 1 atom stereocenters. The van der Waals surface area contributed by atoms with Crippen molar-refractivity contribution < 1.29 is 28.6 Å². The summed E-state index contributed by atoms with van der Waals surface area (Å²) in [7, 11) is 0. The zero-order valence-corrected chi connectivity index (χ0v) is 37.6. The van der Waals surface area contributed by atoms with Gasteiger partial charge in [-0.3, -0.25) is 14.4 Å². The van der Waals surface area contributed by atoms with Crippen LogP contribution in [-0.2, 0) is 28.6 Å². The molecule has 0 heterocycles. The van der Waals surface area contributed by atoms with Gasteiger partial charge in [-0.25, -0.2) is 0 Å². The number of ether oxygens (including phenoxy) is 3. The first-order valence-electron chi connectivity index (χ1n) is 24.1. The van der Waals surface area contributed by atoms with E-state index in [1.165, 1.54) is 109 Å². The number of carbonyl (C=O) groups excluding carboxylic acids is 3. The number of rotatable bonds is 43. The SMILES string of the molecule is CC/C=C\C/C=C\C/C=C\C/C=C\CCCCC(=O)OC(COC(=O)CCCCCCC)COC(=O)CCCCCCCCCCCCCCCCCCCCC. The first kappa shape index (κ1) is 54.4. The van der Waals surface area contributed by atoms with Crippen LogP contribution in [0, 0.1) is 0 Å². The van der Waals surface area contributed by atoms with Crippen molar-refractivity contribution in [1.82, 2.24) is 0 Å². The van der Waals surface area contributed by atoms with E-state index in [1.807, 2.05) is 0 Å². The van der Waals surface area contributed by atoms with Crippen LogP contribution in [0.15, 0.2) is 48.6 Å². The molecule has 57 heavy (non-hydrogen) atoms. The van der Waals surface area contributed by atoms with Crippen LogP contribution in [-0.4, -0.2) is 37.2 Å². The topological polar surface area (TPSA) is 78.9 Å². The van der Waals surface area contributed by atoms with Gasteiger partial charge in [0.2, 0.25) is 0 Å². The Labute approximate surface area is 352 Å². The molecule has 0 aromatic heterocycles. The van der Waals surface area contributed by atoms with E-state index in [0.717, 1.165) is 83.5 Å².